The molecule has 0 saturated heterocycles. The third-order valence-corrected chi connectivity index (χ3v) is 2.62. The average Bonchev–Trinajstić information content (AvgIpc) is 2.44. The fourth-order valence-electron chi connectivity index (χ4n) is 1.71. The molecule has 0 radical (unpaired) electrons. The summed E-state index contributed by atoms with van der Waals surface area (Å²) in [6.07, 6.45) is 0. The van der Waals surface area contributed by atoms with Gasteiger partial charge in [0.2, 0.25) is 0 Å². The van der Waals surface area contributed by atoms with Crippen molar-refractivity contribution >= 4 is 0 Å². The van der Waals surface area contributed by atoms with E-state index in [1.165, 1.54) is 0 Å². The first kappa shape index (κ1) is 15.8. The van der Waals surface area contributed by atoms with Crippen LogP contribution in [0.3, 0.4) is 0 Å². The van der Waals surface area contributed by atoms with Crippen LogP contribution in [-0.2, 0) is 6.54 Å². The highest BCUT2D eigenvalue weighted by Crippen LogP contribution is 2.27. The van der Waals surface area contributed by atoms with Crippen LogP contribution in [-0.4, -0.2) is 45.1 Å². The molecular formula is C14H24N2O3. The molecule has 0 spiro atoms. The molecule has 19 heavy (non-hydrogen) atoms. The highest BCUT2D eigenvalue weighted by molar-refractivity contribution is 5.42. The number of methoxy groups -OCH3 is 1. The molecule has 0 bridgehead atoms. The van der Waals surface area contributed by atoms with Crippen molar-refractivity contribution in [3.8, 4) is 11.5 Å². The van der Waals surface area contributed by atoms with Gasteiger partial charge in [-0.15, -0.1) is 0 Å². The Kier molecular flexibility index (Phi) is 7.97. The standard InChI is InChI=1S/C14H24N2O3/c1-3-19-13-5-4-12(10-14(13)18-2)11-16-7-6-15-8-9-17/h4-5,10,15-17H,3,6-9,11H2,1-2H3. The monoisotopic (exact) mass is 268 g/mol. The molecule has 0 aromatic heterocycles. The maximum atomic E-state index is 8.62. The molecule has 0 fully saturated rings. The number of ether oxygens (including phenoxy) is 2. The van der Waals surface area contributed by atoms with Crippen LogP contribution in [0, 0.1) is 0 Å². The van der Waals surface area contributed by atoms with E-state index in [1.807, 2.05) is 25.1 Å². The molecule has 0 aliphatic carbocycles. The summed E-state index contributed by atoms with van der Waals surface area (Å²) < 4.78 is 10.8. The first-order chi connectivity index (χ1) is 9.31. The lowest BCUT2D eigenvalue weighted by molar-refractivity contribution is 0.292. The predicted molar refractivity (Wildman–Crippen MR) is 75.8 cm³/mol. The Morgan fingerprint density at radius 3 is 2.58 bits per heavy atom. The SMILES string of the molecule is CCOc1ccc(CNCCNCCO)cc1OC. The minimum Gasteiger partial charge on any atom is -0.493 e. The molecule has 0 amide bonds. The maximum absolute atomic E-state index is 8.62. The van der Waals surface area contributed by atoms with Crippen LogP contribution in [0.2, 0.25) is 0 Å². The number of hydrogen-bond acceptors (Lipinski definition) is 5. The highest BCUT2D eigenvalue weighted by Gasteiger charge is 2.04. The van der Waals surface area contributed by atoms with Gasteiger partial charge < -0.3 is 25.2 Å². The van der Waals surface area contributed by atoms with Gasteiger partial charge in [0.1, 0.15) is 0 Å². The second kappa shape index (κ2) is 9.61. The van der Waals surface area contributed by atoms with Crippen molar-refractivity contribution in [1.82, 2.24) is 10.6 Å². The molecule has 1 aromatic rings. The molecule has 5 heteroatoms. The molecule has 0 aliphatic rings. The van der Waals surface area contributed by atoms with Crippen LogP contribution in [0.25, 0.3) is 0 Å². The van der Waals surface area contributed by atoms with E-state index in [9.17, 15) is 0 Å². The van der Waals surface area contributed by atoms with Crippen LogP contribution in [0.1, 0.15) is 12.5 Å². The van der Waals surface area contributed by atoms with Gasteiger partial charge in [0.05, 0.1) is 20.3 Å². The summed E-state index contributed by atoms with van der Waals surface area (Å²) >= 11 is 0. The van der Waals surface area contributed by atoms with E-state index in [2.05, 4.69) is 10.6 Å². The summed E-state index contributed by atoms with van der Waals surface area (Å²) in [6, 6.07) is 5.95. The summed E-state index contributed by atoms with van der Waals surface area (Å²) in [5, 5.41) is 15.1. The Morgan fingerprint density at radius 1 is 1.11 bits per heavy atom. The van der Waals surface area contributed by atoms with Gasteiger partial charge in [-0.25, -0.2) is 0 Å². The normalized spacial score (nSPS) is 10.5. The van der Waals surface area contributed by atoms with Crippen LogP contribution in [0.15, 0.2) is 18.2 Å². The summed E-state index contributed by atoms with van der Waals surface area (Å²) in [6.45, 7) is 5.88. The van der Waals surface area contributed by atoms with E-state index >= 15 is 0 Å². The Hall–Kier alpha value is -1.30. The number of rotatable bonds is 10. The lowest BCUT2D eigenvalue weighted by Gasteiger charge is -2.11. The third kappa shape index (κ3) is 5.92. The molecule has 3 N–H and O–H groups in total. The zero-order chi connectivity index (χ0) is 13.9. The molecule has 0 aliphatic heterocycles. The zero-order valence-corrected chi connectivity index (χ0v) is 11.7. The molecular weight excluding hydrogens is 244 g/mol. The topological polar surface area (TPSA) is 62.8 Å². The van der Waals surface area contributed by atoms with Crippen molar-refractivity contribution in [3.05, 3.63) is 23.8 Å². The second-order valence-corrected chi connectivity index (χ2v) is 4.07. The number of aliphatic hydroxyl groups excluding tert-OH is 1. The summed E-state index contributed by atoms with van der Waals surface area (Å²) in [5.74, 6) is 1.54. The van der Waals surface area contributed by atoms with E-state index < -0.39 is 0 Å². The van der Waals surface area contributed by atoms with Crippen molar-refractivity contribution in [2.45, 2.75) is 13.5 Å². The van der Waals surface area contributed by atoms with Crippen LogP contribution in [0.5, 0.6) is 11.5 Å². The highest BCUT2D eigenvalue weighted by atomic mass is 16.5. The van der Waals surface area contributed by atoms with Crippen molar-refractivity contribution in [2.75, 3.05) is 40.0 Å². The van der Waals surface area contributed by atoms with Gasteiger partial charge in [-0.3, -0.25) is 0 Å². The molecule has 0 unspecified atom stereocenters. The molecule has 0 heterocycles. The van der Waals surface area contributed by atoms with Crippen LogP contribution >= 0.6 is 0 Å². The molecule has 1 aromatic carbocycles. The minimum absolute atomic E-state index is 0.177. The van der Waals surface area contributed by atoms with E-state index in [-0.39, 0.29) is 6.61 Å². The number of hydrogen-bond donors (Lipinski definition) is 3. The van der Waals surface area contributed by atoms with Gasteiger partial charge in [-0.1, -0.05) is 6.07 Å². The lowest BCUT2D eigenvalue weighted by Crippen LogP contribution is -2.28. The van der Waals surface area contributed by atoms with E-state index in [0.717, 1.165) is 36.7 Å². The summed E-state index contributed by atoms with van der Waals surface area (Å²) in [4.78, 5) is 0. The Morgan fingerprint density at radius 2 is 1.89 bits per heavy atom. The molecule has 108 valence electrons. The summed E-state index contributed by atoms with van der Waals surface area (Å²) in [7, 11) is 1.65. The smallest absolute Gasteiger partial charge is 0.161 e. The van der Waals surface area contributed by atoms with Crippen molar-refractivity contribution in [3.63, 3.8) is 0 Å². The summed E-state index contributed by atoms with van der Waals surface area (Å²) in [5.41, 5.74) is 1.16. The van der Waals surface area contributed by atoms with E-state index in [4.69, 9.17) is 14.6 Å². The van der Waals surface area contributed by atoms with Gasteiger partial charge in [-0.05, 0) is 24.6 Å². The van der Waals surface area contributed by atoms with Crippen LogP contribution in [0.4, 0.5) is 0 Å². The zero-order valence-electron chi connectivity index (χ0n) is 11.7. The second-order valence-electron chi connectivity index (χ2n) is 4.07. The average molecular weight is 268 g/mol. The first-order valence-corrected chi connectivity index (χ1v) is 6.63. The van der Waals surface area contributed by atoms with Crippen molar-refractivity contribution < 1.29 is 14.6 Å². The Bertz CT molecular complexity index is 359. The van der Waals surface area contributed by atoms with Crippen molar-refractivity contribution in [1.29, 1.82) is 0 Å². The Labute approximate surface area is 114 Å². The first-order valence-electron chi connectivity index (χ1n) is 6.63. The Balaban J connectivity index is 2.37. The minimum atomic E-state index is 0.177. The molecule has 1 rings (SSSR count). The van der Waals surface area contributed by atoms with E-state index in [1.54, 1.807) is 7.11 Å². The van der Waals surface area contributed by atoms with Crippen molar-refractivity contribution in [2.24, 2.45) is 0 Å². The molecule has 0 atom stereocenters. The van der Waals surface area contributed by atoms with Gasteiger partial charge in [-0.2, -0.15) is 0 Å². The van der Waals surface area contributed by atoms with Gasteiger partial charge >= 0.3 is 0 Å². The molecule has 5 nitrogen and oxygen atoms in total. The lowest BCUT2D eigenvalue weighted by atomic mass is 10.2. The van der Waals surface area contributed by atoms with Gasteiger partial charge in [0.25, 0.3) is 0 Å². The third-order valence-electron chi connectivity index (χ3n) is 2.62. The number of nitrogens with one attached hydrogen (secondary N) is 2. The van der Waals surface area contributed by atoms with Gasteiger partial charge in [0, 0.05) is 26.2 Å². The van der Waals surface area contributed by atoms with Crippen LogP contribution < -0.4 is 20.1 Å². The largest absolute Gasteiger partial charge is 0.493 e. The quantitative estimate of drug-likeness (QED) is 0.547. The number of benzene rings is 1. The fraction of sp³-hybridized carbons (Fsp3) is 0.571. The fourth-order valence-corrected chi connectivity index (χ4v) is 1.71. The number of aliphatic hydroxyl groups is 1. The maximum Gasteiger partial charge on any atom is 0.161 e. The predicted octanol–water partition coefficient (Wildman–Crippen LogP) is 0.765. The van der Waals surface area contributed by atoms with E-state index in [0.29, 0.717) is 13.2 Å². The molecule has 0 saturated carbocycles. The van der Waals surface area contributed by atoms with Gasteiger partial charge in [0.15, 0.2) is 11.5 Å².